The van der Waals surface area contributed by atoms with Crippen LogP contribution in [0.25, 0.3) is 0 Å². The Morgan fingerprint density at radius 3 is 2.88 bits per heavy atom. The molecule has 0 atom stereocenters. The summed E-state index contributed by atoms with van der Waals surface area (Å²) in [6.07, 6.45) is 2.78. The molecule has 1 aromatic heterocycles. The molecule has 17 heavy (non-hydrogen) atoms. The van der Waals surface area contributed by atoms with Crippen LogP contribution in [0.3, 0.4) is 0 Å². The molecule has 1 N–H and O–H groups in total. The molecule has 0 fully saturated rings. The lowest BCUT2D eigenvalue weighted by Gasteiger charge is -2.05. The zero-order chi connectivity index (χ0) is 12.3. The van der Waals surface area contributed by atoms with Gasteiger partial charge >= 0.3 is 0 Å². The molecule has 2 aromatic rings. The number of benzene rings is 1. The number of aliphatic hydroxyl groups excluding tert-OH is 1. The van der Waals surface area contributed by atoms with Gasteiger partial charge in [0.25, 0.3) is 0 Å². The smallest absolute Gasteiger partial charge is 0.238 e. The van der Waals surface area contributed by atoms with Gasteiger partial charge in [-0.25, -0.2) is 9.37 Å². The Bertz CT molecular complexity index is 537. The van der Waals surface area contributed by atoms with Crippen LogP contribution in [0, 0.1) is 5.82 Å². The second-order valence-electron chi connectivity index (χ2n) is 3.18. The normalized spacial score (nSPS) is 10.3. The van der Waals surface area contributed by atoms with Crippen molar-refractivity contribution in [2.75, 3.05) is 0 Å². The molecule has 0 radical (unpaired) electrons. The van der Waals surface area contributed by atoms with Gasteiger partial charge in [-0.2, -0.15) is 0 Å². The van der Waals surface area contributed by atoms with Crippen molar-refractivity contribution in [2.24, 2.45) is 0 Å². The summed E-state index contributed by atoms with van der Waals surface area (Å²) in [4.78, 5) is 7.77. The standard InChI is InChI=1S/C11H8ClFN2O2/c12-9-2-1-8(3-10(9)13)17-11-5-14-4-7(6-16)15-11/h1-5,16H,6H2. The minimum atomic E-state index is -0.574. The molecule has 1 aromatic carbocycles. The van der Waals surface area contributed by atoms with Gasteiger partial charge < -0.3 is 9.84 Å². The van der Waals surface area contributed by atoms with Gasteiger partial charge in [0.05, 0.1) is 29.7 Å². The van der Waals surface area contributed by atoms with Crippen LogP contribution >= 0.6 is 11.6 Å². The highest BCUT2D eigenvalue weighted by molar-refractivity contribution is 6.30. The lowest BCUT2D eigenvalue weighted by Crippen LogP contribution is -1.95. The van der Waals surface area contributed by atoms with Gasteiger partial charge in [-0.15, -0.1) is 0 Å². The number of halogens is 2. The van der Waals surface area contributed by atoms with Crippen LogP contribution in [0.4, 0.5) is 4.39 Å². The summed E-state index contributed by atoms with van der Waals surface area (Å²) >= 11 is 5.54. The van der Waals surface area contributed by atoms with Crippen LogP contribution in [-0.2, 0) is 6.61 Å². The molecule has 6 heteroatoms. The molecule has 0 aliphatic heterocycles. The van der Waals surface area contributed by atoms with Crippen molar-refractivity contribution >= 4 is 11.6 Å². The number of hydrogen-bond donors (Lipinski definition) is 1. The van der Waals surface area contributed by atoms with E-state index in [0.717, 1.165) is 6.07 Å². The molecule has 2 rings (SSSR count). The van der Waals surface area contributed by atoms with E-state index in [2.05, 4.69) is 9.97 Å². The third-order valence-corrected chi connectivity index (χ3v) is 2.24. The van der Waals surface area contributed by atoms with Crippen LogP contribution in [-0.4, -0.2) is 15.1 Å². The average Bonchev–Trinajstić information content (AvgIpc) is 2.34. The van der Waals surface area contributed by atoms with Gasteiger partial charge in [0, 0.05) is 6.07 Å². The Morgan fingerprint density at radius 1 is 1.35 bits per heavy atom. The number of aliphatic hydroxyl groups is 1. The van der Waals surface area contributed by atoms with Crippen LogP contribution in [0.5, 0.6) is 11.6 Å². The first-order valence-corrected chi connectivity index (χ1v) is 5.11. The van der Waals surface area contributed by atoms with E-state index < -0.39 is 5.82 Å². The van der Waals surface area contributed by atoms with E-state index in [1.165, 1.54) is 24.5 Å². The molecule has 0 amide bonds. The number of aromatic nitrogens is 2. The van der Waals surface area contributed by atoms with Crippen molar-refractivity contribution in [2.45, 2.75) is 6.61 Å². The van der Waals surface area contributed by atoms with E-state index in [1.807, 2.05) is 0 Å². The van der Waals surface area contributed by atoms with Crippen molar-refractivity contribution in [1.29, 1.82) is 0 Å². The van der Waals surface area contributed by atoms with Gasteiger partial charge in [-0.05, 0) is 12.1 Å². The Labute approximate surface area is 102 Å². The van der Waals surface area contributed by atoms with E-state index in [-0.39, 0.29) is 23.3 Å². The Morgan fingerprint density at radius 2 is 2.18 bits per heavy atom. The van der Waals surface area contributed by atoms with Crippen molar-refractivity contribution in [3.8, 4) is 11.6 Å². The molecule has 0 saturated carbocycles. The summed E-state index contributed by atoms with van der Waals surface area (Å²) in [7, 11) is 0. The van der Waals surface area contributed by atoms with Crippen LogP contribution < -0.4 is 4.74 Å². The largest absolute Gasteiger partial charge is 0.437 e. The quantitative estimate of drug-likeness (QED) is 0.915. The number of ether oxygens (including phenoxy) is 1. The Balaban J connectivity index is 2.22. The Hall–Kier alpha value is -1.72. The first-order chi connectivity index (χ1) is 8.19. The summed E-state index contributed by atoms with van der Waals surface area (Å²) < 4.78 is 18.4. The monoisotopic (exact) mass is 254 g/mol. The first kappa shape index (κ1) is 11.8. The van der Waals surface area contributed by atoms with Crippen LogP contribution in [0.15, 0.2) is 30.6 Å². The SMILES string of the molecule is OCc1cncc(Oc2ccc(Cl)c(F)c2)n1. The lowest BCUT2D eigenvalue weighted by atomic mass is 10.3. The van der Waals surface area contributed by atoms with Crippen molar-refractivity contribution in [3.63, 3.8) is 0 Å². The minimum Gasteiger partial charge on any atom is -0.437 e. The maximum absolute atomic E-state index is 13.1. The molecule has 4 nitrogen and oxygen atoms in total. The summed E-state index contributed by atoms with van der Waals surface area (Å²) in [6, 6.07) is 4.05. The molecule has 1 heterocycles. The summed E-state index contributed by atoms with van der Waals surface area (Å²) in [6.45, 7) is -0.237. The third kappa shape index (κ3) is 2.89. The molecular weight excluding hydrogens is 247 g/mol. The molecule has 0 spiro atoms. The second kappa shape index (κ2) is 5.07. The molecule has 0 aliphatic rings. The number of nitrogens with zero attached hydrogens (tertiary/aromatic N) is 2. The molecule has 88 valence electrons. The summed E-state index contributed by atoms with van der Waals surface area (Å²) in [5.74, 6) is -0.134. The highest BCUT2D eigenvalue weighted by Crippen LogP contribution is 2.23. The van der Waals surface area contributed by atoms with Gasteiger partial charge in [0.15, 0.2) is 0 Å². The molecule has 0 unspecified atom stereocenters. The van der Waals surface area contributed by atoms with Crippen LogP contribution in [0.1, 0.15) is 5.69 Å². The van der Waals surface area contributed by atoms with E-state index in [9.17, 15) is 4.39 Å². The van der Waals surface area contributed by atoms with Crippen molar-refractivity contribution in [1.82, 2.24) is 9.97 Å². The molecule has 0 bridgehead atoms. The average molecular weight is 255 g/mol. The lowest BCUT2D eigenvalue weighted by molar-refractivity contribution is 0.274. The maximum atomic E-state index is 13.1. The third-order valence-electron chi connectivity index (χ3n) is 1.94. The predicted molar refractivity (Wildman–Crippen MR) is 59.4 cm³/mol. The van der Waals surface area contributed by atoms with E-state index >= 15 is 0 Å². The first-order valence-electron chi connectivity index (χ1n) is 4.73. The Kier molecular flexibility index (Phi) is 3.51. The van der Waals surface area contributed by atoms with Crippen LogP contribution in [0.2, 0.25) is 5.02 Å². The summed E-state index contributed by atoms with van der Waals surface area (Å²) in [5.41, 5.74) is 0.372. The zero-order valence-electron chi connectivity index (χ0n) is 8.60. The fourth-order valence-electron chi connectivity index (χ4n) is 1.17. The maximum Gasteiger partial charge on any atom is 0.238 e. The molecule has 0 aliphatic carbocycles. The van der Waals surface area contributed by atoms with Gasteiger partial charge in [0.1, 0.15) is 11.6 Å². The second-order valence-corrected chi connectivity index (χ2v) is 3.59. The predicted octanol–water partition coefficient (Wildman–Crippen LogP) is 2.55. The minimum absolute atomic E-state index is 0.0209. The van der Waals surface area contributed by atoms with E-state index in [4.69, 9.17) is 21.4 Å². The van der Waals surface area contributed by atoms with Crippen molar-refractivity contribution < 1.29 is 14.2 Å². The van der Waals surface area contributed by atoms with Crippen molar-refractivity contribution in [3.05, 3.63) is 47.1 Å². The van der Waals surface area contributed by atoms with E-state index in [0.29, 0.717) is 5.69 Å². The van der Waals surface area contributed by atoms with E-state index in [1.54, 1.807) is 0 Å². The molecular formula is C11H8ClFN2O2. The van der Waals surface area contributed by atoms with Gasteiger partial charge in [-0.1, -0.05) is 11.6 Å². The van der Waals surface area contributed by atoms with Gasteiger partial charge in [0.2, 0.25) is 5.88 Å². The number of hydrogen-bond acceptors (Lipinski definition) is 4. The number of rotatable bonds is 3. The highest BCUT2D eigenvalue weighted by atomic mass is 35.5. The fourth-order valence-corrected chi connectivity index (χ4v) is 1.29. The molecule has 0 saturated heterocycles. The topological polar surface area (TPSA) is 55.2 Å². The van der Waals surface area contributed by atoms with Gasteiger partial charge in [-0.3, -0.25) is 4.98 Å². The zero-order valence-corrected chi connectivity index (χ0v) is 9.36. The highest BCUT2D eigenvalue weighted by Gasteiger charge is 2.04. The summed E-state index contributed by atoms with van der Waals surface area (Å²) in [5, 5.41) is 8.89. The fraction of sp³-hybridized carbons (Fsp3) is 0.0909.